The summed E-state index contributed by atoms with van der Waals surface area (Å²) in [5.74, 6) is 1.31. The van der Waals surface area contributed by atoms with E-state index in [9.17, 15) is 4.79 Å². The zero-order chi connectivity index (χ0) is 13.3. The standard InChI is InChI=1S/C15H22O2S/c1-9(2)7-13-15-11(12(16)5-6-17-13)8-14(18-15)10(3)4/h8-10,13H,5-7H2,1-4H3. The number of Topliss-reactive ketones (excluding diaryl/α,β-unsaturated/α-hetero) is 1. The molecular weight excluding hydrogens is 244 g/mol. The first-order valence-electron chi connectivity index (χ1n) is 6.77. The second-order valence-corrected chi connectivity index (χ2v) is 6.86. The minimum Gasteiger partial charge on any atom is -0.372 e. The maximum absolute atomic E-state index is 12.1. The van der Waals surface area contributed by atoms with E-state index in [0.717, 1.165) is 16.9 Å². The third-order valence-corrected chi connectivity index (χ3v) is 4.80. The molecule has 1 aromatic rings. The van der Waals surface area contributed by atoms with Crippen molar-refractivity contribution < 1.29 is 9.53 Å². The van der Waals surface area contributed by atoms with Gasteiger partial charge in [0.15, 0.2) is 5.78 Å². The maximum atomic E-state index is 12.1. The SMILES string of the molecule is CC(C)CC1OCCC(=O)c2cc(C(C)C)sc21. The fourth-order valence-corrected chi connectivity index (χ4v) is 3.52. The van der Waals surface area contributed by atoms with Crippen molar-refractivity contribution in [1.82, 2.24) is 0 Å². The number of ketones is 1. The Morgan fingerprint density at radius 1 is 1.39 bits per heavy atom. The first-order valence-corrected chi connectivity index (χ1v) is 7.59. The lowest BCUT2D eigenvalue weighted by molar-refractivity contribution is 0.0433. The van der Waals surface area contributed by atoms with Crippen LogP contribution in [0.25, 0.3) is 0 Å². The van der Waals surface area contributed by atoms with E-state index < -0.39 is 0 Å². The van der Waals surface area contributed by atoms with Crippen LogP contribution in [0.2, 0.25) is 0 Å². The van der Waals surface area contributed by atoms with Crippen LogP contribution in [-0.2, 0) is 4.74 Å². The highest BCUT2D eigenvalue weighted by atomic mass is 32.1. The van der Waals surface area contributed by atoms with Crippen LogP contribution in [0.3, 0.4) is 0 Å². The molecule has 2 heterocycles. The molecule has 2 rings (SSSR count). The molecule has 0 saturated heterocycles. The van der Waals surface area contributed by atoms with Gasteiger partial charge in [-0.25, -0.2) is 0 Å². The lowest BCUT2D eigenvalue weighted by atomic mass is 10.0. The summed E-state index contributed by atoms with van der Waals surface area (Å²) >= 11 is 1.76. The molecule has 0 amide bonds. The minimum absolute atomic E-state index is 0.115. The fourth-order valence-electron chi connectivity index (χ4n) is 2.27. The Hall–Kier alpha value is -0.670. The third-order valence-electron chi connectivity index (χ3n) is 3.28. The van der Waals surface area contributed by atoms with Crippen molar-refractivity contribution in [2.45, 2.75) is 52.6 Å². The lowest BCUT2D eigenvalue weighted by Crippen LogP contribution is -2.05. The number of carbonyl (C=O) groups is 1. The third kappa shape index (κ3) is 2.83. The smallest absolute Gasteiger partial charge is 0.166 e. The van der Waals surface area contributed by atoms with Crippen molar-refractivity contribution in [2.24, 2.45) is 5.92 Å². The van der Waals surface area contributed by atoms with E-state index in [1.54, 1.807) is 11.3 Å². The van der Waals surface area contributed by atoms with Gasteiger partial charge in [0.1, 0.15) is 0 Å². The molecule has 18 heavy (non-hydrogen) atoms. The van der Waals surface area contributed by atoms with Gasteiger partial charge in [-0.05, 0) is 24.3 Å². The van der Waals surface area contributed by atoms with Crippen molar-refractivity contribution in [3.05, 3.63) is 21.4 Å². The van der Waals surface area contributed by atoms with Crippen molar-refractivity contribution in [3.8, 4) is 0 Å². The molecule has 0 N–H and O–H groups in total. The monoisotopic (exact) mass is 266 g/mol. The summed E-state index contributed by atoms with van der Waals surface area (Å²) in [6.45, 7) is 9.32. The van der Waals surface area contributed by atoms with Crippen LogP contribution in [-0.4, -0.2) is 12.4 Å². The van der Waals surface area contributed by atoms with E-state index in [1.807, 2.05) is 0 Å². The second-order valence-electron chi connectivity index (χ2n) is 5.74. The predicted molar refractivity (Wildman–Crippen MR) is 75.5 cm³/mol. The summed E-state index contributed by atoms with van der Waals surface area (Å²) in [4.78, 5) is 14.6. The van der Waals surface area contributed by atoms with Gasteiger partial charge in [0.2, 0.25) is 0 Å². The molecule has 0 aromatic carbocycles. The molecule has 0 aliphatic carbocycles. The van der Waals surface area contributed by atoms with Crippen LogP contribution in [0.4, 0.5) is 0 Å². The maximum Gasteiger partial charge on any atom is 0.166 e. The average molecular weight is 266 g/mol. The number of carbonyl (C=O) groups excluding carboxylic acids is 1. The Kier molecular flexibility index (Phi) is 4.23. The zero-order valence-corrected chi connectivity index (χ0v) is 12.5. The first-order chi connectivity index (χ1) is 8.49. The summed E-state index contributed by atoms with van der Waals surface area (Å²) < 4.78 is 5.89. The largest absolute Gasteiger partial charge is 0.372 e. The quantitative estimate of drug-likeness (QED) is 0.801. The Balaban J connectivity index is 2.37. The molecule has 0 spiro atoms. The van der Waals surface area contributed by atoms with Crippen LogP contribution < -0.4 is 0 Å². The van der Waals surface area contributed by atoms with Crippen LogP contribution in [0.15, 0.2) is 6.07 Å². The molecule has 1 atom stereocenters. The lowest BCUT2D eigenvalue weighted by Gasteiger charge is -2.17. The van der Waals surface area contributed by atoms with Crippen LogP contribution in [0.5, 0.6) is 0 Å². The van der Waals surface area contributed by atoms with E-state index in [1.165, 1.54) is 4.88 Å². The van der Waals surface area contributed by atoms with Crippen LogP contribution in [0, 0.1) is 5.92 Å². The Morgan fingerprint density at radius 2 is 2.11 bits per heavy atom. The van der Waals surface area contributed by atoms with E-state index in [4.69, 9.17) is 4.74 Å². The van der Waals surface area contributed by atoms with Crippen LogP contribution >= 0.6 is 11.3 Å². The fraction of sp³-hybridized carbons (Fsp3) is 0.667. The number of rotatable bonds is 3. The molecule has 0 radical (unpaired) electrons. The Bertz CT molecular complexity index is 432. The summed E-state index contributed by atoms with van der Waals surface area (Å²) in [7, 11) is 0. The van der Waals surface area contributed by atoms with Gasteiger partial charge < -0.3 is 4.74 Å². The number of hydrogen-bond acceptors (Lipinski definition) is 3. The van der Waals surface area contributed by atoms with Gasteiger partial charge in [0, 0.05) is 21.7 Å². The molecule has 1 aromatic heterocycles. The summed E-state index contributed by atoms with van der Waals surface area (Å²) in [5.41, 5.74) is 0.923. The molecule has 1 unspecified atom stereocenters. The van der Waals surface area contributed by atoms with Gasteiger partial charge in [0.05, 0.1) is 12.7 Å². The molecular formula is C15H22O2S. The van der Waals surface area contributed by atoms with E-state index in [-0.39, 0.29) is 11.9 Å². The zero-order valence-electron chi connectivity index (χ0n) is 11.7. The molecule has 2 nitrogen and oxygen atoms in total. The molecule has 3 heteroatoms. The number of thiophene rings is 1. The average Bonchev–Trinajstić information content (AvgIpc) is 2.66. The van der Waals surface area contributed by atoms with Gasteiger partial charge in [-0.15, -0.1) is 11.3 Å². The molecule has 100 valence electrons. The minimum atomic E-state index is 0.115. The van der Waals surface area contributed by atoms with Crippen molar-refractivity contribution in [2.75, 3.05) is 6.61 Å². The van der Waals surface area contributed by atoms with Gasteiger partial charge >= 0.3 is 0 Å². The predicted octanol–water partition coefficient (Wildman–Crippen LogP) is 4.56. The number of hydrogen-bond donors (Lipinski definition) is 0. The normalized spacial score (nSPS) is 20.3. The highest BCUT2D eigenvalue weighted by Crippen LogP contribution is 2.39. The number of fused-ring (bicyclic) bond motifs is 1. The van der Waals surface area contributed by atoms with Gasteiger partial charge in [-0.1, -0.05) is 27.7 Å². The van der Waals surface area contributed by atoms with E-state index in [0.29, 0.717) is 24.9 Å². The summed E-state index contributed by atoms with van der Waals surface area (Å²) in [6, 6.07) is 2.09. The van der Waals surface area contributed by atoms with E-state index >= 15 is 0 Å². The topological polar surface area (TPSA) is 26.3 Å². The van der Waals surface area contributed by atoms with Crippen molar-refractivity contribution in [3.63, 3.8) is 0 Å². The Morgan fingerprint density at radius 3 is 2.72 bits per heavy atom. The van der Waals surface area contributed by atoms with Gasteiger partial charge in [-0.2, -0.15) is 0 Å². The first kappa shape index (κ1) is 13.8. The molecule has 0 bridgehead atoms. The van der Waals surface area contributed by atoms with Crippen molar-refractivity contribution in [1.29, 1.82) is 0 Å². The highest BCUT2D eigenvalue weighted by molar-refractivity contribution is 7.12. The summed E-state index contributed by atoms with van der Waals surface area (Å²) in [5, 5.41) is 0. The number of ether oxygens (including phenoxy) is 1. The molecule has 1 aliphatic heterocycles. The van der Waals surface area contributed by atoms with Gasteiger partial charge in [-0.3, -0.25) is 4.79 Å². The molecule has 1 aliphatic rings. The van der Waals surface area contributed by atoms with Gasteiger partial charge in [0.25, 0.3) is 0 Å². The molecule has 0 fully saturated rings. The van der Waals surface area contributed by atoms with E-state index in [2.05, 4.69) is 33.8 Å². The molecule has 0 saturated carbocycles. The Labute approximate surface area is 113 Å². The summed E-state index contributed by atoms with van der Waals surface area (Å²) in [6.07, 6.45) is 1.64. The highest BCUT2D eigenvalue weighted by Gasteiger charge is 2.27. The van der Waals surface area contributed by atoms with Crippen molar-refractivity contribution >= 4 is 17.1 Å². The van der Waals surface area contributed by atoms with Crippen LogP contribution in [0.1, 0.15) is 72.7 Å². The second kappa shape index (κ2) is 5.54.